The average Bonchev–Trinajstić information content (AvgIpc) is 2.60. The molecule has 25 heavy (non-hydrogen) atoms. The molecule has 1 atom stereocenters. The Morgan fingerprint density at radius 3 is 2.60 bits per heavy atom. The molecule has 1 N–H and O–H groups in total. The molecule has 3 aromatic carbocycles. The number of halogens is 2. The second kappa shape index (κ2) is 7.49. The normalized spacial score (nSPS) is 12.4. The molecule has 0 aliphatic rings. The molecule has 0 heterocycles. The number of carbonyl (C=O) groups excluding carboxylic acids is 1. The summed E-state index contributed by atoms with van der Waals surface area (Å²) in [4.78, 5) is 12.1. The Kier molecular flexibility index (Phi) is 5.15. The molecule has 0 aliphatic carbocycles. The fourth-order valence-electron chi connectivity index (χ4n) is 2.62. The smallest absolute Gasteiger partial charge is 0.244 e. The molecule has 0 aromatic heterocycles. The predicted molar refractivity (Wildman–Crippen MR) is 101 cm³/mol. The maximum absolute atomic E-state index is 13.7. The van der Waals surface area contributed by atoms with E-state index < -0.39 is 5.82 Å². The molecular formula is C21H17ClFNO. The van der Waals surface area contributed by atoms with Crippen molar-refractivity contribution in [1.82, 2.24) is 5.32 Å². The zero-order valence-corrected chi connectivity index (χ0v) is 14.4. The van der Waals surface area contributed by atoms with Crippen molar-refractivity contribution in [3.05, 3.63) is 88.7 Å². The van der Waals surface area contributed by atoms with Gasteiger partial charge in [0, 0.05) is 16.7 Å². The van der Waals surface area contributed by atoms with Crippen molar-refractivity contribution < 1.29 is 9.18 Å². The van der Waals surface area contributed by atoms with Crippen LogP contribution in [0.3, 0.4) is 0 Å². The molecule has 2 nitrogen and oxygen atoms in total. The molecule has 126 valence electrons. The lowest BCUT2D eigenvalue weighted by Crippen LogP contribution is -2.24. The highest BCUT2D eigenvalue weighted by atomic mass is 35.5. The van der Waals surface area contributed by atoms with Crippen molar-refractivity contribution in [1.29, 1.82) is 0 Å². The fourth-order valence-corrected chi connectivity index (χ4v) is 2.78. The molecular weight excluding hydrogens is 337 g/mol. The standard InChI is InChI=1S/C21H17ClFNO/c1-14(17-7-6-15-4-2-3-5-18(15)12-17)24-21(25)11-9-16-8-10-19(22)13-20(16)23/h2-14H,1H3,(H,24,25)/b11-9+/t14-/m0/s1. The summed E-state index contributed by atoms with van der Waals surface area (Å²) in [6.45, 7) is 1.92. The van der Waals surface area contributed by atoms with Gasteiger partial charge in [-0.25, -0.2) is 4.39 Å². The number of rotatable bonds is 4. The van der Waals surface area contributed by atoms with E-state index in [0.29, 0.717) is 10.6 Å². The van der Waals surface area contributed by atoms with Gasteiger partial charge in [-0.3, -0.25) is 4.79 Å². The van der Waals surface area contributed by atoms with E-state index in [1.165, 1.54) is 24.3 Å². The van der Waals surface area contributed by atoms with Crippen molar-refractivity contribution in [2.24, 2.45) is 0 Å². The summed E-state index contributed by atoms with van der Waals surface area (Å²) in [5.74, 6) is -0.742. The van der Waals surface area contributed by atoms with Crippen molar-refractivity contribution in [2.75, 3.05) is 0 Å². The van der Waals surface area contributed by atoms with Crippen LogP contribution in [-0.4, -0.2) is 5.91 Å². The van der Waals surface area contributed by atoms with Gasteiger partial charge in [0.05, 0.1) is 6.04 Å². The third kappa shape index (κ3) is 4.25. The highest BCUT2D eigenvalue weighted by molar-refractivity contribution is 6.30. The van der Waals surface area contributed by atoms with Gasteiger partial charge in [-0.2, -0.15) is 0 Å². The zero-order valence-electron chi connectivity index (χ0n) is 13.7. The SMILES string of the molecule is C[C@H](NC(=O)/C=C/c1ccc(Cl)cc1F)c1ccc2ccccc2c1. The second-order valence-electron chi connectivity index (χ2n) is 5.84. The Morgan fingerprint density at radius 2 is 1.84 bits per heavy atom. The molecule has 0 fully saturated rings. The first kappa shape index (κ1) is 17.2. The quantitative estimate of drug-likeness (QED) is 0.614. The van der Waals surface area contributed by atoms with Crippen molar-refractivity contribution in [2.45, 2.75) is 13.0 Å². The summed E-state index contributed by atoms with van der Waals surface area (Å²) < 4.78 is 13.7. The molecule has 0 bridgehead atoms. The molecule has 1 amide bonds. The number of hydrogen-bond donors (Lipinski definition) is 1. The number of carbonyl (C=O) groups is 1. The van der Waals surface area contributed by atoms with Gasteiger partial charge in [0.15, 0.2) is 0 Å². The Morgan fingerprint density at radius 1 is 1.08 bits per heavy atom. The minimum Gasteiger partial charge on any atom is -0.346 e. The lowest BCUT2D eigenvalue weighted by Gasteiger charge is -2.14. The molecule has 3 aromatic rings. The van der Waals surface area contributed by atoms with Gasteiger partial charge >= 0.3 is 0 Å². The Labute approximate surface area is 150 Å². The minimum atomic E-state index is -0.459. The summed E-state index contributed by atoms with van der Waals surface area (Å²) in [5, 5.41) is 5.49. The maximum Gasteiger partial charge on any atom is 0.244 e. The van der Waals surface area contributed by atoms with Gasteiger partial charge in [0.2, 0.25) is 5.91 Å². The van der Waals surface area contributed by atoms with Gasteiger partial charge < -0.3 is 5.32 Å². The molecule has 0 unspecified atom stereocenters. The van der Waals surface area contributed by atoms with Crippen LogP contribution < -0.4 is 5.32 Å². The van der Waals surface area contributed by atoms with Gasteiger partial charge in [-0.05, 0) is 47.5 Å². The maximum atomic E-state index is 13.7. The first-order valence-corrected chi connectivity index (χ1v) is 8.33. The fraction of sp³-hybridized carbons (Fsp3) is 0.0952. The minimum absolute atomic E-state index is 0.156. The highest BCUT2D eigenvalue weighted by Gasteiger charge is 2.08. The lowest BCUT2D eigenvalue weighted by molar-refractivity contribution is -0.117. The van der Waals surface area contributed by atoms with Gasteiger partial charge in [0.25, 0.3) is 0 Å². The lowest BCUT2D eigenvalue weighted by atomic mass is 10.0. The van der Waals surface area contributed by atoms with Gasteiger partial charge in [0.1, 0.15) is 5.82 Å². The highest BCUT2D eigenvalue weighted by Crippen LogP contribution is 2.20. The molecule has 0 aliphatic heterocycles. The van der Waals surface area contributed by atoms with E-state index in [4.69, 9.17) is 11.6 Å². The number of hydrogen-bond acceptors (Lipinski definition) is 1. The van der Waals surface area contributed by atoms with Gasteiger partial charge in [-0.1, -0.05) is 54.1 Å². The summed E-state index contributed by atoms with van der Waals surface area (Å²) in [5.41, 5.74) is 1.33. The van der Waals surface area contributed by atoms with Crippen LogP contribution in [0.2, 0.25) is 5.02 Å². The first-order chi connectivity index (χ1) is 12.0. The van der Waals surface area contributed by atoms with Crippen LogP contribution in [0.4, 0.5) is 4.39 Å². The van der Waals surface area contributed by atoms with E-state index in [-0.39, 0.29) is 11.9 Å². The molecule has 0 saturated carbocycles. The first-order valence-electron chi connectivity index (χ1n) is 7.95. The average molecular weight is 354 g/mol. The number of amides is 1. The third-order valence-corrected chi connectivity index (χ3v) is 4.24. The van der Waals surface area contributed by atoms with Crippen LogP contribution in [0.15, 0.2) is 66.7 Å². The largest absolute Gasteiger partial charge is 0.346 e. The van der Waals surface area contributed by atoms with Gasteiger partial charge in [-0.15, -0.1) is 0 Å². The van der Waals surface area contributed by atoms with Crippen molar-refractivity contribution in [3.8, 4) is 0 Å². The number of nitrogens with one attached hydrogen (secondary N) is 1. The monoisotopic (exact) mass is 353 g/mol. The Hall–Kier alpha value is -2.65. The molecule has 4 heteroatoms. The Bertz CT molecular complexity index is 952. The topological polar surface area (TPSA) is 29.1 Å². The van der Waals surface area contributed by atoms with E-state index in [9.17, 15) is 9.18 Å². The van der Waals surface area contributed by atoms with E-state index in [1.54, 1.807) is 6.07 Å². The van der Waals surface area contributed by atoms with E-state index >= 15 is 0 Å². The van der Waals surface area contributed by atoms with Crippen LogP contribution >= 0.6 is 11.6 Å². The molecule has 0 radical (unpaired) electrons. The number of fused-ring (bicyclic) bond motifs is 1. The van der Waals surface area contributed by atoms with Crippen molar-refractivity contribution in [3.63, 3.8) is 0 Å². The molecule has 3 rings (SSSR count). The van der Waals surface area contributed by atoms with Crippen LogP contribution in [0.25, 0.3) is 16.8 Å². The van der Waals surface area contributed by atoms with Crippen LogP contribution in [-0.2, 0) is 4.79 Å². The van der Waals surface area contributed by atoms with E-state index in [2.05, 4.69) is 11.4 Å². The van der Waals surface area contributed by atoms with Crippen LogP contribution in [0.1, 0.15) is 24.1 Å². The molecule has 0 spiro atoms. The summed E-state index contributed by atoms with van der Waals surface area (Å²) in [6.07, 6.45) is 2.76. The third-order valence-electron chi connectivity index (χ3n) is 4.01. The Balaban J connectivity index is 1.69. The summed E-state index contributed by atoms with van der Waals surface area (Å²) in [6, 6.07) is 18.3. The number of benzene rings is 3. The summed E-state index contributed by atoms with van der Waals surface area (Å²) >= 11 is 5.71. The van der Waals surface area contributed by atoms with E-state index in [0.717, 1.165) is 16.3 Å². The zero-order chi connectivity index (χ0) is 17.8. The van der Waals surface area contributed by atoms with Crippen LogP contribution in [0, 0.1) is 5.82 Å². The van der Waals surface area contributed by atoms with E-state index in [1.807, 2.05) is 43.3 Å². The predicted octanol–water partition coefficient (Wildman–Crippen LogP) is 5.52. The second-order valence-corrected chi connectivity index (χ2v) is 6.27. The molecule has 0 saturated heterocycles. The summed E-state index contributed by atoms with van der Waals surface area (Å²) in [7, 11) is 0. The van der Waals surface area contributed by atoms with Crippen molar-refractivity contribution >= 4 is 34.4 Å². The van der Waals surface area contributed by atoms with Crippen LogP contribution in [0.5, 0.6) is 0 Å².